The molecule has 0 spiro atoms. The maximum atomic E-state index is 12.8. The monoisotopic (exact) mass is 405 g/mol. The number of nitrogens with one attached hydrogen (secondary N) is 1. The molecular weight excluding hydrogens is 390 g/mol. The van der Waals surface area contributed by atoms with E-state index in [4.69, 9.17) is 9.40 Å². The van der Waals surface area contributed by atoms with Crippen LogP contribution >= 0.6 is 23.1 Å². The zero-order valence-corrected chi connectivity index (χ0v) is 16.5. The lowest BCUT2D eigenvalue weighted by atomic mass is 10.2. The normalized spacial score (nSPS) is 12.6. The molecule has 0 bridgehead atoms. The van der Waals surface area contributed by atoms with Crippen molar-refractivity contribution >= 4 is 44.2 Å². The van der Waals surface area contributed by atoms with Crippen LogP contribution in [0, 0.1) is 0 Å². The molecule has 0 aliphatic carbocycles. The Bertz CT molecular complexity index is 1330. The van der Waals surface area contributed by atoms with E-state index >= 15 is 0 Å². The van der Waals surface area contributed by atoms with Gasteiger partial charge in [0.25, 0.3) is 5.56 Å². The first-order valence-corrected chi connectivity index (χ1v) is 10.5. The van der Waals surface area contributed by atoms with E-state index in [1.54, 1.807) is 18.0 Å². The van der Waals surface area contributed by atoms with E-state index < -0.39 is 0 Å². The fraction of sp³-hybridized carbons (Fsp3) is 0.0952. The van der Waals surface area contributed by atoms with Crippen LogP contribution in [-0.4, -0.2) is 15.0 Å². The highest BCUT2D eigenvalue weighted by Gasteiger charge is 2.18. The largest absolute Gasteiger partial charge is 0.464 e. The molecule has 4 aromatic heterocycles. The number of aromatic amines is 1. The van der Waals surface area contributed by atoms with Gasteiger partial charge in [0, 0.05) is 27.4 Å². The number of hydrogen-bond donors (Lipinski definition) is 1. The number of thiophene rings is 1. The van der Waals surface area contributed by atoms with E-state index in [9.17, 15) is 4.79 Å². The van der Waals surface area contributed by atoms with Crippen LogP contribution in [-0.2, 0) is 0 Å². The van der Waals surface area contributed by atoms with Gasteiger partial charge >= 0.3 is 0 Å². The van der Waals surface area contributed by atoms with Crippen molar-refractivity contribution in [2.75, 3.05) is 0 Å². The molecular formula is C21H15N3O2S2. The number of pyridine rings is 1. The summed E-state index contributed by atoms with van der Waals surface area (Å²) in [7, 11) is 0. The molecule has 5 nitrogen and oxygen atoms in total. The summed E-state index contributed by atoms with van der Waals surface area (Å²) in [6.07, 6.45) is 3.41. The summed E-state index contributed by atoms with van der Waals surface area (Å²) < 4.78 is 5.45. The van der Waals surface area contributed by atoms with Gasteiger partial charge in [-0.3, -0.25) is 9.78 Å². The Morgan fingerprint density at radius 1 is 1.18 bits per heavy atom. The van der Waals surface area contributed by atoms with Crippen LogP contribution in [0.15, 0.2) is 74.4 Å². The van der Waals surface area contributed by atoms with Crippen LogP contribution in [0.2, 0.25) is 0 Å². The lowest BCUT2D eigenvalue weighted by Crippen LogP contribution is -2.12. The molecule has 0 saturated heterocycles. The molecule has 0 aliphatic heterocycles. The van der Waals surface area contributed by atoms with Gasteiger partial charge in [0.15, 0.2) is 0 Å². The lowest BCUT2D eigenvalue weighted by Gasteiger charge is -2.12. The Labute approximate surface area is 168 Å². The fourth-order valence-electron chi connectivity index (χ4n) is 3.19. The number of thioether (sulfide) groups is 1. The Balaban J connectivity index is 1.53. The Hall–Kier alpha value is -2.90. The van der Waals surface area contributed by atoms with Gasteiger partial charge in [-0.25, -0.2) is 4.98 Å². The number of rotatable bonds is 4. The SMILES string of the molecule is CC(Sc1ccnc2ccccc12)c1nc2scc(-c3ccco3)c2c(=O)[nH]1. The molecule has 5 aromatic rings. The fourth-order valence-corrected chi connectivity index (χ4v) is 5.17. The number of hydrogen-bond acceptors (Lipinski definition) is 6. The van der Waals surface area contributed by atoms with Crippen LogP contribution < -0.4 is 5.56 Å². The summed E-state index contributed by atoms with van der Waals surface area (Å²) in [4.78, 5) is 26.7. The predicted molar refractivity (Wildman–Crippen MR) is 114 cm³/mol. The van der Waals surface area contributed by atoms with Crippen LogP contribution in [0.3, 0.4) is 0 Å². The van der Waals surface area contributed by atoms with Crippen molar-refractivity contribution in [3.8, 4) is 11.3 Å². The standard InChI is InChI=1S/C21H15N3O2S2/c1-12(28-17-8-9-22-15-6-3-2-5-13(15)17)19-23-20(25)18-14(11-27-21(18)24-19)16-7-4-10-26-16/h2-12H,1H3,(H,23,24,25). The van der Waals surface area contributed by atoms with Gasteiger partial charge in [-0.05, 0) is 31.2 Å². The van der Waals surface area contributed by atoms with Gasteiger partial charge in [-0.15, -0.1) is 23.1 Å². The quantitative estimate of drug-likeness (QED) is 0.391. The molecule has 0 radical (unpaired) electrons. The first kappa shape index (κ1) is 17.2. The number of para-hydroxylation sites is 1. The molecule has 7 heteroatoms. The predicted octanol–water partition coefficient (Wildman–Crippen LogP) is 5.65. The smallest absolute Gasteiger partial charge is 0.260 e. The second kappa shape index (κ2) is 6.92. The van der Waals surface area contributed by atoms with Crippen molar-refractivity contribution in [2.24, 2.45) is 0 Å². The van der Waals surface area contributed by atoms with E-state index in [1.165, 1.54) is 11.3 Å². The second-order valence-corrected chi connectivity index (χ2v) is 8.59. The minimum atomic E-state index is -0.139. The van der Waals surface area contributed by atoms with E-state index in [2.05, 4.69) is 16.0 Å². The van der Waals surface area contributed by atoms with Crippen LogP contribution in [0.4, 0.5) is 0 Å². The van der Waals surface area contributed by atoms with Crippen molar-refractivity contribution in [1.82, 2.24) is 15.0 Å². The highest BCUT2D eigenvalue weighted by Crippen LogP contribution is 2.38. The highest BCUT2D eigenvalue weighted by atomic mass is 32.2. The van der Waals surface area contributed by atoms with Gasteiger partial charge in [0.1, 0.15) is 16.4 Å². The number of benzene rings is 1. The summed E-state index contributed by atoms with van der Waals surface area (Å²) in [5.41, 5.74) is 1.60. The topological polar surface area (TPSA) is 71.8 Å². The molecule has 1 aromatic carbocycles. The molecule has 1 unspecified atom stereocenters. The minimum Gasteiger partial charge on any atom is -0.464 e. The van der Waals surface area contributed by atoms with Crippen molar-refractivity contribution in [2.45, 2.75) is 17.1 Å². The first-order chi connectivity index (χ1) is 13.7. The lowest BCUT2D eigenvalue weighted by molar-refractivity contribution is 0.583. The summed E-state index contributed by atoms with van der Waals surface area (Å²) in [6, 6.07) is 13.7. The summed E-state index contributed by atoms with van der Waals surface area (Å²) in [5.74, 6) is 1.34. The van der Waals surface area contributed by atoms with Gasteiger partial charge < -0.3 is 9.40 Å². The van der Waals surface area contributed by atoms with Gasteiger partial charge in [-0.1, -0.05) is 18.2 Å². The van der Waals surface area contributed by atoms with Crippen LogP contribution in [0.5, 0.6) is 0 Å². The first-order valence-electron chi connectivity index (χ1n) is 8.76. The van der Waals surface area contributed by atoms with Crippen molar-refractivity contribution in [1.29, 1.82) is 0 Å². The summed E-state index contributed by atoms with van der Waals surface area (Å²) >= 11 is 3.12. The molecule has 1 atom stereocenters. The molecule has 5 rings (SSSR count). The molecule has 28 heavy (non-hydrogen) atoms. The molecule has 0 aliphatic rings. The molecule has 1 N–H and O–H groups in total. The average Bonchev–Trinajstić information content (AvgIpc) is 3.38. The Kier molecular flexibility index (Phi) is 4.26. The minimum absolute atomic E-state index is 0.0166. The van der Waals surface area contributed by atoms with Crippen molar-refractivity contribution < 1.29 is 4.42 Å². The number of fused-ring (bicyclic) bond motifs is 2. The number of furan rings is 1. The van der Waals surface area contributed by atoms with E-state index in [1.807, 2.05) is 54.9 Å². The van der Waals surface area contributed by atoms with E-state index in [0.29, 0.717) is 17.0 Å². The Morgan fingerprint density at radius 3 is 2.93 bits per heavy atom. The Morgan fingerprint density at radius 2 is 2.07 bits per heavy atom. The maximum absolute atomic E-state index is 12.8. The average molecular weight is 406 g/mol. The third kappa shape index (κ3) is 2.93. The van der Waals surface area contributed by atoms with E-state index in [-0.39, 0.29) is 10.8 Å². The summed E-state index contributed by atoms with van der Waals surface area (Å²) in [6.45, 7) is 2.05. The maximum Gasteiger partial charge on any atom is 0.260 e. The molecule has 0 amide bonds. The van der Waals surface area contributed by atoms with Crippen LogP contribution in [0.1, 0.15) is 18.0 Å². The molecule has 4 heterocycles. The van der Waals surface area contributed by atoms with Crippen LogP contribution in [0.25, 0.3) is 32.4 Å². The molecule has 138 valence electrons. The van der Waals surface area contributed by atoms with Gasteiger partial charge in [0.05, 0.1) is 22.4 Å². The highest BCUT2D eigenvalue weighted by molar-refractivity contribution is 7.99. The third-order valence-corrected chi connectivity index (χ3v) is 6.61. The molecule has 0 saturated carbocycles. The number of H-pyrrole nitrogens is 1. The van der Waals surface area contributed by atoms with Crippen molar-refractivity contribution in [3.05, 3.63) is 76.5 Å². The number of nitrogens with zero attached hydrogens (tertiary/aromatic N) is 2. The van der Waals surface area contributed by atoms with E-state index in [0.717, 1.165) is 26.2 Å². The summed E-state index contributed by atoms with van der Waals surface area (Å²) in [5, 5.41) is 3.58. The number of aromatic nitrogens is 3. The molecule has 0 fully saturated rings. The van der Waals surface area contributed by atoms with Crippen molar-refractivity contribution in [3.63, 3.8) is 0 Å². The van der Waals surface area contributed by atoms with Gasteiger partial charge in [0.2, 0.25) is 0 Å². The van der Waals surface area contributed by atoms with Gasteiger partial charge in [-0.2, -0.15) is 0 Å². The zero-order chi connectivity index (χ0) is 19.1. The second-order valence-electron chi connectivity index (χ2n) is 6.34. The third-order valence-electron chi connectivity index (χ3n) is 4.55. The zero-order valence-electron chi connectivity index (χ0n) is 14.9.